The summed E-state index contributed by atoms with van der Waals surface area (Å²) in [7, 11) is 0. The van der Waals surface area contributed by atoms with Crippen LogP contribution in [-0.2, 0) is 11.3 Å². The molecule has 0 spiro atoms. The molecular weight excluding hydrogens is 292 g/mol. The molecular formula is C14H21ClN4O2. The van der Waals surface area contributed by atoms with E-state index in [1.807, 2.05) is 6.92 Å². The lowest BCUT2D eigenvalue weighted by Gasteiger charge is -2.35. The van der Waals surface area contributed by atoms with Crippen molar-refractivity contribution in [1.82, 2.24) is 14.7 Å². The van der Waals surface area contributed by atoms with E-state index in [2.05, 4.69) is 15.3 Å². The molecule has 0 radical (unpaired) electrons. The van der Waals surface area contributed by atoms with Gasteiger partial charge in [-0.25, -0.2) is 4.68 Å². The number of hydrogen-bond donors (Lipinski definition) is 1. The third-order valence-electron chi connectivity index (χ3n) is 4.27. The fraction of sp³-hybridized carbons (Fsp3) is 0.714. The molecule has 116 valence electrons. The third kappa shape index (κ3) is 3.07. The van der Waals surface area contributed by atoms with Crippen LogP contribution in [0.3, 0.4) is 0 Å². The Morgan fingerprint density at radius 2 is 2.43 bits per heavy atom. The van der Waals surface area contributed by atoms with Crippen LogP contribution in [0.2, 0.25) is 5.02 Å². The fourth-order valence-electron chi connectivity index (χ4n) is 3.05. The zero-order chi connectivity index (χ0) is 14.8. The Morgan fingerprint density at radius 3 is 3.24 bits per heavy atom. The van der Waals surface area contributed by atoms with Gasteiger partial charge in [-0.3, -0.25) is 9.69 Å². The van der Waals surface area contributed by atoms with E-state index < -0.39 is 0 Å². The van der Waals surface area contributed by atoms with E-state index in [1.54, 1.807) is 6.20 Å². The average molecular weight is 313 g/mol. The lowest BCUT2D eigenvalue weighted by molar-refractivity contribution is -0.0415. The van der Waals surface area contributed by atoms with Crippen molar-refractivity contribution < 1.29 is 4.74 Å². The molecule has 0 aromatic carbocycles. The standard InChI is InChI=1S/C14H21ClN4O2/c1-2-19-14(20)13(15)12(7-17-19)16-6-11-8-18-5-3-4-10(18)9-21-11/h7,10-11,16H,2-6,8-9H2,1H3. The first-order valence-electron chi connectivity index (χ1n) is 7.54. The van der Waals surface area contributed by atoms with Crippen molar-refractivity contribution in [2.75, 3.05) is 31.6 Å². The minimum absolute atomic E-state index is 0.129. The summed E-state index contributed by atoms with van der Waals surface area (Å²) >= 11 is 6.10. The zero-order valence-electron chi connectivity index (χ0n) is 12.2. The number of fused-ring (bicyclic) bond motifs is 1. The summed E-state index contributed by atoms with van der Waals surface area (Å²) in [6.45, 7) is 5.92. The number of halogens is 1. The number of ether oxygens (including phenoxy) is 1. The maximum atomic E-state index is 11.9. The van der Waals surface area contributed by atoms with Crippen molar-refractivity contribution in [2.45, 2.75) is 38.5 Å². The molecule has 1 aromatic rings. The van der Waals surface area contributed by atoms with Gasteiger partial charge in [-0.15, -0.1) is 0 Å². The Bertz CT molecular complexity index is 562. The van der Waals surface area contributed by atoms with Crippen LogP contribution in [0.4, 0.5) is 5.69 Å². The molecule has 2 aliphatic heterocycles. The van der Waals surface area contributed by atoms with Gasteiger partial charge in [-0.1, -0.05) is 11.6 Å². The van der Waals surface area contributed by atoms with Crippen LogP contribution in [0, 0.1) is 0 Å². The summed E-state index contributed by atoms with van der Waals surface area (Å²) in [6, 6.07) is 0.597. The first-order chi connectivity index (χ1) is 10.2. The summed E-state index contributed by atoms with van der Waals surface area (Å²) in [5, 5.41) is 7.47. The second-order valence-corrected chi connectivity index (χ2v) is 6.00. The molecule has 3 heterocycles. The van der Waals surface area contributed by atoms with Crippen molar-refractivity contribution in [1.29, 1.82) is 0 Å². The summed E-state index contributed by atoms with van der Waals surface area (Å²) in [6.07, 6.45) is 4.24. The third-order valence-corrected chi connectivity index (χ3v) is 4.63. The Kier molecular flexibility index (Phi) is 4.47. The number of aryl methyl sites for hydroxylation is 1. The van der Waals surface area contributed by atoms with Crippen molar-refractivity contribution >= 4 is 17.3 Å². The molecule has 2 aliphatic rings. The van der Waals surface area contributed by atoms with Crippen LogP contribution >= 0.6 is 11.6 Å². The average Bonchev–Trinajstić information content (AvgIpc) is 2.96. The Labute approximate surface area is 129 Å². The van der Waals surface area contributed by atoms with E-state index in [1.165, 1.54) is 24.1 Å². The summed E-state index contributed by atoms with van der Waals surface area (Å²) in [4.78, 5) is 14.4. The van der Waals surface area contributed by atoms with Crippen molar-refractivity contribution in [3.63, 3.8) is 0 Å². The Hall–Kier alpha value is -1.11. The highest BCUT2D eigenvalue weighted by molar-refractivity contribution is 6.32. The molecule has 1 aromatic heterocycles. The second-order valence-electron chi connectivity index (χ2n) is 5.62. The number of nitrogens with one attached hydrogen (secondary N) is 1. The highest BCUT2D eigenvalue weighted by Crippen LogP contribution is 2.23. The zero-order valence-corrected chi connectivity index (χ0v) is 13.0. The lowest BCUT2D eigenvalue weighted by Crippen LogP contribution is -2.48. The van der Waals surface area contributed by atoms with Crippen LogP contribution in [0.25, 0.3) is 0 Å². The summed E-state index contributed by atoms with van der Waals surface area (Å²) in [5.41, 5.74) is 0.326. The number of morpholine rings is 1. The van der Waals surface area contributed by atoms with Gasteiger partial charge in [0.05, 0.1) is 24.6 Å². The topological polar surface area (TPSA) is 59.4 Å². The van der Waals surface area contributed by atoms with Crippen LogP contribution in [0.15, 0.2) is 11.0 Å². The van der Waals surface area contributed by atoms with Gasteiger partial charge in [-0.2, -0.15) is 5.10 Å². The molecule has 1 N–H and O–H groups in total. The number of nitrogens with zero attached hydrogens (tertiary/aromatic N) is 3. The van der Waals surface area contributed by atoms with Gasteiger partial charge < -0.3 is 10.1 Å². The highest BCUT2D eigenvalue weighted by atomic mass is 35.5. The Balaban J connectivity index is 1.60. The second kappa shape index (κ2) is 6.34. The number of aromatic nitrogens is 2. The molecule has 0 aliphatic carbocycles. The SMILES string of the molecule is CCn1ncc(NCC2CN3CCCC3CO2)c(Cl)c1=O. The molecule has 0 amide bonds. The van der Waals surface area contributed by atoms with Gasteiger partial charge in [0.15, 0.2) is 0 Å². The normalized spacial score (nSPS) is 25.8. The minimum Gasteiger partial charge on any atom is -0.380 e. The van der Waals surface area contributed by atoms with Gasteiger partial charge in [0.2, 0.25) is 0 Å². The smallest absolute Gasteiger partial charge is 0.287 e. The molecule has 2 unspecified atom stereocenters. The van der Waals surface area contributed by atoms with E-state index in [-0.39, 0.29) is 16.7 Å². The first kappa shape index (κ1) is 14.8. The minimum atomic E-state index is -0.256. The maximum Gasteiger partial charge on any atom is 0.287 e. The first-order valence-corrected chi connectivity index (χ1v) is 7.92. The summed E-state index contributed by atoms with van der Waals surface area (Å²) in [5.74, 6) is 0. The molecule has 2 saturated heterocycles. The van der Waals surface area contributed by atoms with Crippen molar-refractivity contribution in [2.24, 2.45) is 0 Å². The number of rotatable bonds is 4. The molecule has 2 fully saturated rings. The van der Waals surface area contributed by atoms with Gasteiger partial charge in [0.25, 0.3) is 5.56 Å². The van der Waals surface area contributed by atoms with Crippen molar-refractivity contribution in [3.8, 4) is 0 Å². The van der Waals surface area contributed by atoms with Crippen LogP contribution in [0.5, 0.6) is 0 Å². The molecule has 21 heavy (non-hydrogen) atoms. The Morgan fingerprint density at radius 1 is 1.57 bits per heavy atom. The van der Waals surface area contributed by atoms with E-state index in [4.69, 9.17) is 16.3 Å². The summed E-state index contributed by atoms with van der Waals surface area (Å²) < 4.78 is 7.22. The highest BCUT2D eigenvalue weighted by Gasteiger charge is 2.32. The van der Waals surface area contributed by atoms with Gasteiger partial charge in [0.1, 0.15) is 5.02 Å². The van der Waals surface area contributed by atoms with E-state index in [9.17, 15) is 4.79 Å². The molecule has 2 atom stereocenters. The largest absolute Gasteiger partial charge is 0.380 e. The predicted octanol–water partition coefficient (Wildman–Crippen LogP) is 1.19. The van der Waals surface area contributed by atoms with Crippen molar-refractivity contribution in [3.05, 3.63) is 21.6 Å². The molecule has 6 nitrogen and oxygen atoms in total. The van der Waals surface area contributed by atoms with Crippen LogP contribution in [0.1, 0.15) is 19.8 Å². The molecule has 0 saturated carbocycles. The molecule has 7 heteroatoms. The van der Waals surface area contributed by atoms with E-state index in [0.717, 1.165) is 13.2 Å². The molecule has 3 rings (SSSR count). The van der Waals surface area contributed by atoms with Gasteiger partial charge in [-0.05, 0) is 26.3 Å². The lowest BCUT2D eigenvalue weighted by atomic mass is 10.2. The van der Waals surface area contributed by atoms with E-state index >= 15 is 0 Å². The van der Waals surface area contributed by atoms with E-state index in [0.29, 0.717) is 24.8 Å². The van der Waals surface area contributed by atoms with Gasteiger partial charge in [0, 0.05) is 25.7 Å². The number of hydrogen-bond acceptors (Lipinski definition) is 5. The number of anilines is 1. The monoisotopic (exact) mass is 312 g/mol. The fourth-order valence-corrected chi connectivity index (χ4v) is 3.26. The predicted molar refractivity (Wildman–Crippen MR) is 82.0 cm³/mol. The van der Waals surface area contributed by atoms with Crippen LogP contribution < -0.4 is 10.9 Å². The van der Waals surface area contributed by atoms with Gasteiger partial charge >= 0.3 is 0 Å². The molecule has 0 bridgehead atoms. The van der Waals surface area contributed by atoms with Crippen LogP contribution in [-0.4, -0.2) is 53.1 Å². The quantitative estimate of drug-likeness (QED) is 0.905. The maximum absolute atomic E-state index is 11.9.